The molecule has 19 heteroatoms. The Morgan fingerprint density at radius 1 is 0.813 bits per heavy atom. The molecule has 3 aromatic carbocycles. The summed E-state index contributed by atoms with van der Waals surface area (Å²) in [6.45, 7) is 3.72. The van der Waals surface area contributed by atoms with Crippen LogP contribution in [0.2, 0.25) is 0 Å². The summed E-state index contributed by atoms with van der Waals surface area (Å²) in [6, 6.07) is 22.8. The highest BCUT2D eigenvalue weighted by molar-refractivity contribution is 7.20. The molecule has 3 N–H and O–H groups in total. The van der Waals surface area contributed by atoms with Gasteiger partial charge in [0.15, 0.2) is 28.7 Å². The molecule has 18 nitrogen and oxygen atoms in total. The first-order valence-corrected chi connectivity index (χ1v) is 26.4. The number of nitrogen functional groups attached to an aromatic ring is 1. The second-order valence-electron chi connectivity index (χ2n) is 18.5. The molecule has 5 heterocycles. The zero-order valence-electron chi connectivity index (χ0n) is 42.8. The number of carbonyl (C=O) groups is 4. The van der Waals surface area contributed by atoms with Gasteiger partial charge in [0.05, 0.1) is 49.7 Å². The fraction of sp³-hybridized carbons (Fsp3) is 0.375. The Labute approximate surface area is 438 Å². The Balaban J connectivity index is 0.911. The van der Waals surface area contributed by atoms with Crippen LogP contribution in [0.15, 0.2) is 102 Å². The number of anilines is 1. The number of unbranched alkanes of at least 4 members (excludes halogenated alkanes) is 8. The van der Waals surface area contributed by atoms with Gasteiger partial charge < -0.3 is 30.0 Å². The molecule has 0 aliphatic rings. The number of esters is 2. The molecule has 0 saturated carbocycles. The van der Waals surface area contributed by atoms with Gasteiger partial charge >= 0.3 is 11.9 Å². The summed E-state index contributed by atoms with van der Waals surface area (Å²) >= 11 is 1.33. The average molecular weight is 1040 g/mol. The Morgan fingerprint density at radius 2 is 1.56 bits per heavy atom. The van der Waals surface area contributed by atoms with Crippen LogP contribution in [0.5, 0.6) is 11.5 Å². The normalized spacial score (nSPS) is 12.2. The number of nitrogens with zero attached hydrogens (tertiary/aromatic N) is 7. The minimum absolute atomic E-state index is 0.00355. The zero-order valence-corrected chi connectivity index (χ0v) is 43.6. The van der Waals surface area contributed by atoms with Crippen LogP contribution in [0, 0.1) is 0 Å². The van der Waals surface area contributed by atoms with Crippen molar-refractivity contribution in [1.82, 2.24) is 39.5 Å². The van der Waals surface area contributed by atoms with Gasteiger partial charge in [-0.25, -0.2) is 14.2 Å². The fourth-order valence-electron chi connectivity index (χ4n) is 9.24. The standard InChI is InChI=1S/C56H63N9O9S/c1-5-6-7-8-9-10-11-12-16-22-40(74-49(67)25-24-44(66)48-32-38-31-45(71-3)46(72-4)33-47(38)75-48)26-29-73-50(68)35-63-34-42(60-62-63)41-23-17-19-37-30-43(65(56(70)51(37)41)39-20-14-13-15-21-39)36(2)59-55(69)52-53(57)61-64-28-18-27-58-54(52)64/h13-15,17-21,23,27-28,30-34,36,40H,5-12,16,22,24-26,29,35H2,1-4H3,(H2,57,61)(H,59,69)/t36-,40?/m0/s1. The van der Waals surface area contributed by atoms with Crippen molar-refractivity contribution in [3.05, 3.63) is 124 Å². The van der Waals surface area contributed by atoms with E-state index in [1.54, 1.807) is 80.7 Å². The third kappa shape index (κ3) is 13.1. The average Bonchev–Trinajstić information content (AvgIpc) is 4.15. The molecule has 75 heavy (non-hydrogen) atoms. The number of amides is 1. The first-order valence-electron chi connectivity index (χ1n) is 25.5. The number of hydrogen-bond donors (Lipinski definition) is 2. The van der Waals surface area contributed by atoms with Crippen LogP contribution in [0.1, 0.15) is 129 Å². The molecule has 0 saturated heterocycles. The van der Waals surface area contributed by atoms with Crippen LogP contribution in [-0.4, -0.2) is 84.7 Å². The minimum atomic E-state index is -0.688. The number of carbonyl (C=O) groups excluding carboxylic acids is 4. The summed E-state index contributed by atoms with van der Waals surface area (Å²) in [5, 5.41) is 17.6. The van der Waals surface area contributed by atoms with Gasteiger partial charge in [0, 0.05) is 52.9 Å². The van der Waals surface area contributed by atoms with Gasteiger partial charge in [0.1, 0.15) is 23.9 Å². The van der Waals surface area contributed by atoms with Crippen molar-refractivity contribution in [2.75, 3.05) is 26.6 Å². The number of nitrogens with two attached hydrogens (primary N) is 1. The van der Waals surface area contributed by atoms with E-state index in [2.05, 4.69) is 32.6 Å². The monoisotopic (exact) mass is 1040 g/mol. The predicted octanol–water partition coefficient (Wildman–Crippen LogP) is 10.0. The number of Topliss-reactive ketones (excluding diaryl/α,β-unsaturated/α-hetero) is 1. The zero-order chi connectivity index (χ0) is 52.8. The van der Waals surface area contributed by atoms with Gasteiger partial charge in [-0.15, -0.1) is 21.5 Å². The molecule has 0 bridgehead atoms. The highest BCUT2D eigenvalue weighted by Gasteiger charge is 2.25. The van der Waals surface area contributed by atoms with Crippen LogP contribution >= 0.6 is 11.3 Å². The van der Waals surface area contributed by atoms with Crippen LogP contribution < -0.4 is 26.1 Å². The van der Waals surface area contributed by atoms with Crippen LogP contribution in [-0.2, 0) is 25.6 Å². The van der Waals surface area contributed by atoms with Crippen molar-refractivity contribution in [3.8, 4) is 28.4 Å². The molecule has 1 amide bonds. The lowest BCUT2D eigenvalue weighted by atomic mass is 10.0. The number of ketones is 1. The van der Waals surface area contributed by atoms with Crippen molar-refractivity contribution < 1.29 is 38.1 Å². The largest absolute Gasteiger partial charge is 0.493 e. The Morgan fingerprint density at radius 3 is 2.32 bits per heavy atom. The molecular weight excluding hydrogens is 975 g/mol. The Hall–Kier alpha value is -7.93. The number of rotatable bonds is 27. The molecule has 1 unspecified atom stereocenters. The summed E-state index contributed by atoms with van der Waals surface area (Å²) < 4.78 is 27.6. The number of hydrogen-bond acceptors (Lipinski definition) is 15. The highest BCUT2D eigenvalue weighted by atomic mass is 32.1. The molecule has 0 aliphatic carbocycles. The number of aromatic nitrogens is 7. The summed E-state index contributed by atoms with van der Waals surface area (Å²) in [4.78, 5) is 73.1. The van der Waals surface area contributed by atoms with E-state index in [4.69, 9.17) is 24.7 Å². The SMILES string of the molecule is CCCCCCCCCCCC(CCOC(=O)Cn1cc(-c2cccc3cc([C@H](C)NC(=O)c4c(N)nn5cccnc45)n(-c4ccccc4)c(=O)c23)nn1)OC(=O)CCC(=O)c1cc2cc(OC)c(OC)cc2s1. The lowest BCUT2D eigenvalue weighted by Gasteiger charge is -2.21. The topological polar surface area (TPSA) is 226 Å². The fourth-order valence-corrected chi connectivity index (χ4v) is 10.3. The van der Waals surface area contributed by atoms with Gasteiger partial charge in [-0.1, -0.05) is 99.9 Å². The molecule has 0 fully saturated rings. The van der Waals surface area contributed by atoms with E-state index in [0.29, 0.717) is 61.9 Å². The number of benzene rings is 3. The van der Waals surface area contributed by atoms with Crippen molar-refractivity contribution >= 4 is 67.3 Å². The molecule has 8 aromatic rings. The van der Waals surface area contributed by atoms with Crippen molar-refractivity contribution in [2.45, 2.75) is 116 Å². The maximum Gasteiger partial charge on any atom is 0.327 e. The van der Waals surface area contributed by atoms with Gasteiger partial charge in [-0.3, -0.25) is 28.5 Å². The van der Waals surface area contributed by atoms with E-state index in [9.17, 15) is 24.0 Å². The number of ether oxygens (including phenoxy) is 4. The number of nitrogens with one attached hydrogen (secondary N) is 1. The summed E-state index contributed by atoms with van der Waals surface area (Å²) in [5.74, 6) is -0.574. The lowest BCUT2D eigenvalue weighted by molar-refractivity contribution is -0.152. The molecule has 0 aliphatic heterocycles. The number of pyridine rings is 1. The number of thiophene rings is 1. The number of methoxy groups -OCH3 is 2. The summed E-state index contributed by atoms with van der Waals surface area (Å²) in [7, 11) is 3.12. The molecule has 8 rings (SSSR count). The molecule has 0 spiro atoms. The first-order chi connectivity index (χ1) is 36.5. The van der Waals surface area contributed by atoms with Crippen molar-refractivity contribution in [1.29, 1.82) is 0 Å². The van der Waals surface area contributed by atoms with Gasteiger partial charge in [0.25, 0.3) is 11.5 Å². The van der Waals surface area contributed by atoms with E-state index in [1.807, 2.05) is 42.5 Å². The maximum absolute atomic E-state index is 14.8. The van der Waals surface area contributed by atoms with Crippen LogP contribution in [0.3, 0.4) is 0 Å². The third-order valence-corrected chi connectivity index (χ3v) is 14.3. The molecule has 5 aromatic heterocycles. The Kier molecular flexibility index (Phi) is 18.0. The second-order valence-corrected chi connectivity index (χ2v) is 19.6. The minimum Gasteiger partial charge on any atom is -0.493 e. The first kappa shape index (κ1) is 53.4. The highest BCUT2D eigenvalue weighted by Crippen LogP contribution is 2.37. The quantitative estimate of drug-likeness (QED) is 0.0278. The smallest absolute Gasteiger partial charge is 0.327 e. The van der Waals surface area contributed by atoms with Crippen molar-refractivity contribution in [3.63, 3.8) is 0 Å². The summed E-state index contributed by atoms with van der Waals surface area (Å²) in [6.07, 6.45) is 15.3. The van der Waals surface area contributed by atoms with Crippen LogP contribution in [0.25, 0.3) is 43.5 Å². The number of para-hydroxylation sites is 1. The molecule has 2 atom stereocenters. The summed E-state index contributed by atoms with van der Waals surface area (Å²) in [5.41, 5.74) is 8.15. The van der Waals surface area contributed by atoms with Crippen LogP contribution in [0.4, 0.5) is 5.82 Å². The van der Waals surface area contributed by atoms with E-state index in [0.717, 1.165) is 35.8 Å². The Bertz CT molecular complexity index is 3310. The number of fused-ring (bicyclic) bond motifs is 3. The van der Waals surface area contributed by atoms with Crippen molar-refractivity contribution in [2.24, 2.45) is 0 Å². The van der Waals surface area contributed by atoms with E-state index in [1.165, 1.54) is 52.6 Å². The molecule has 0 radical (unpaired) electrons. The lowest BCUT2D eigenvalue weighted by Crippen LogP contribution is -2.32. The van der Waals surface area contributed by atoms with E-state index >= 15 is 0 Å². The molecular formula is C56H63N9O9S. The maximum atomic E-state index is 14.8. The third-order valence-electron chi connectivity index (χ3n) is 13.1. The second kappa shape index (κ2) is 25.3. The van der Waals surface area contributed by atoms with Gasteiger partial charge in [-0.05, 0) is 66.9 Å². The van der Waals surface area contributed by atoms with Gasteiger partial charge in [0.2, 0.25) is 0 Å². The van der Waals surface area contributed by atoms with Gasteiger partial charge in [-0.2, -0.15) is 0 Å². The molecule has 392 valence electrons. The van der Waals surface area contributed by atoms with E-state index < -0.39 is 30.0 Å². The van der Waals surface area contributed by atoms with E-state index in [-0.39, 0.29) is 55.1 Å². The predicted molar refractivity (Wildman–Crippen MR) is 288 cm³/mol.